The van der Waals surface area contributed by atoms with Gasteiger partial charge in [0, 0.05) is 11.0 Å². The molecule has 0 aliphatic heterocycles. The van der Waals surface area contributed by atoms with Crippen LogP contribution < -0.4 is 5.73 Å². The van der Waals surface area contributed by atoms with E-state index in [-0.39, 0.29) is 36.7 Å². The SMILES string of the molecule is C[C@H](O)C(=O)N(CC[C@H](N)C(F)F)[C@@H](c1nc(-c2cc(F)ccc2F)nn1Cc1cccc(Br)c1)C(C)(C)C. The maximum atomic E-state index is 14.7. The second kappa shape index (κ2) is 12.6. The van der Waals surface area contributed by atoms with Crippen molar-refractivity contribution in [3.63, 3.8) is 0 Å². The zero-order valence-electron chi connectivity index (χ0n) is 22.1. The first-order chi connectivity index (χ1) is 18.2. The minimum atomic E-state index is -2.80. The minimum absolute atomic E-state index is 0.111. The summed E-state index contributed by atoms with van der Waals surface area (Å²) in [7, 11) is 0. The van der Waals surface area contributed by atoms with Crippen LogP contribution in [0.4, 0.5) is 17.6 Å². The second-order valence-corrected chi connectivity index (χ2v) is 11.4. The number of alkyl halides is 2. The molecule has 212 valence electrons. The number of rotatable bonds is 10. The zero-order valence-corrected chi connectivity index (χ0v) is 23.7. The van der Waals surface area contributed by atoms with E-state index in [1.54, 1.807) is 0 Å². The third-order valence-electron chi connectivity index (χ3n) is 6.14. The molecular formula is C27H32BrF4N5O2. The van der Waals surface area contributed by atoms with Gasteiger partial charge in [-0.25, -0.2) is 27.2 Å². The summed E-state index contributed by atoms with van der Waals surface area (Å²) in [5.74, 6) is -2.04. The van der Waals surface area contributed by atoms with Crippen molar-refractivity contribution >= 4 is 21.8 Å². The molecule has 0 aliphatic carbocycles. The van der Waals surface area contributed by atoms with E-state index in [0.717, 1.165) is 28.2 Å². The highest BCUT2D eigenvalue weighted by molar-refractivity contribution is 9.10. The fourth-order valence-electron chi connectivity index (χ4n) is 4.28. The Kier molecular flexibility index (Phi) is 9.89. The van der Waals surface area contributed by atoms with Gasteiger partial charge in [0.25, 0.3) is 12.3 Å². The van der Waals surface area contributed by atoms with Gasteiger partial charge in [-0.1, -0.05) is 48.8 Å². The Bertz CT molecular complexity index is 1300. The van der Waals surface area contributed by atoms with Crippen LogP contribution in [-0.4, -0.2) is 55.8 Å². The number of aliphatic hydroxyl groups is 1. The highest BCUT2D eigenvalue weighted by atomic mass is 79.9. The number of nitrogens with zero attached hydrogens (tertiary/aromatic N) is 4. The lowest BCUT2D eigenvalue weighted by atomic mass is 9.84. The summed E-state index contributed by atoms with van der Waals surface area (Å²) >= 11 is 3.43. The predicted molar refractivity (Wildman–Crippen MR) is 143 cm³/mol. The van der Waals surface area contributed by atoms with Crippen molar-refractivity contribution in [3.8, 4) is 11.4 Å². The first kappa shape index (κ1) is 30.7. The van der Waals surface area contributed by atoms with Crippen LogP contribution in [-0.2, 0) is 11.3 Å². The number of amides is 1. The highest BCUT2D eigenvalue weighted by Crippen LogP contribution is 2.39. The number of aromatic nitrogens is 3. The molecule has 1 heterocycles. The van der Waals surface area contributed by atoms with Gasteiger partial charge in [0.15, 0.2) is 11.6 Å². The highest BCUT2D eigenvalue weighted by Gasteiger charge is 2.40. The average Bonchev–Trinajstić information content (AvgIpc) is 3.23. The second-order valence-electron chi connectivity index (χ2n) is 10.5. The van der Waals surface area contributed by atoms with Crippen LogP contribution >= 0.6 is 15.9 Å². The fraction of sp³-hybridized carbons (Fsp3) is 0.444. The Labute approximate surface area is 233 Å². The molecule has 3 aromatic rings. The molecule has 0 spiro atoms. The van der Waals surface area contributed by atoms with E-state index < -0.39 is 47.6 Å². The first-order valence-electron chi connectivity index (χ1n) is 12.4. The number of carbonyl (C=O) groups is 1. The lowest BCUT2D eigenvalue weighted by molar-refractivity contribution is -0.145. The number of aliphatic hydroxyl groups excluding tert-OH is 1. The van der Waals surface area contributed by atoms with Crippen molar-refractivity contribution in [1.29, 1.82) is 0 Å². The molecule has 0 fully saturated rings. The summed E-state index contributed by atoms with van der Waals surface area (Å²) in [5.41, 5.74) is 5.43. The Balaban J connectivity index is 2.22. The van der Waals surface area contributed by atoms with Crippen LogP contribution in [0.25, 0.3) is 11.4 Å². The molecular weight excluding hydrogens is 582 g/mol. The number of hydrogen-bond donors (Lipinski definition) is 2. The Morgan fingerprint density at radius 3 is 2.46 bits per heavy atom. The largest absolute Gasteiger partial charge is 0.384 e. The van der Waals surface area contributed by atoms with E-state index in [9.17, 15) is 27.5 Å². The smallest absolute Gasteiger partial charge is 0.253 e. The molecule has 39 heavy (non-hydrogen) atoms. The number of carbonyl (C=O) groups excluding carboxylic acids is 1. The van der Waals surface area contributed by atoms with E-state index in [1.807, 2.05) is 45.0 Å². The van der Waals surface area contributed by atoms with Gasteiger partial charge in [0.2, 0.25) is 0 Å². The quantitative estimate of drug-likeness (QED) is 0.302. The van der Waals surface area contributed by atoms with Crippen LogP contribution in [0.2, 0.25) is 0 Å². The minimum Gasteiger partial charge on any atom is -0.384 e. The lowest BCUT2D eigenvalue weighted by Crippen LogP contribution is -2.48. The van der Waals surface area contributed by atoms with E-state index in [2.05, 4.69) is 26.0 Å². The van der Waals surface area contributed by atoms with Gasteiger partial charge in [-0.2, -0.15) is 5.10 Å². The first-order valence-corrected chi connectivity index (χ1v) is 13.1. The third-order valence-corrected chi connectivity index (χ3v) is 6.63. The van der Waals surface area contributed by atoms with E-state index in [0.29, 0.717) is 0 Å². The van der Waals surface area contributed by atoms with E-state index in [4.69, 9.17) is 5.73 Å². The average molecular weight is 614 g/mol. The molecule has 0 saturated carbocycles. The van der Waals surface area contributed by atoms with Crippen molar-refractivity contribution in [2.75, 3.05) is 6.54 Å². The van der Waals surface area contributed by atoms with Crippen LogP contribution in [0.1, 0.15) is 51.5 Å². The zero-order chi connectivity index (χ0) is 29.1. The molecule has 3 N–H and O–H groups in total. The van der Waals surface area contributed by atoms with Crippen molar-refractivity contribution in [3.05, 3.63) is 70.0 Å². The molecule has 0 saturated heterocycles. The van der Waals surface area contributed by atoms with Gasteiger partial charge in [0.05, 0.1) is 24.2 Å². The van der Waals surface area contributed by atoms with Gasteiger partial charge in [-0.3, -0.25) is 4.79 Å². The van der Waals surface area contributed by atoms with E-state index >= 15 is 0 Å². The number of nitrogens with two attached hydrogens (primary N) is 1. The van der Waals surface area contributed by atoms with Gasteiger partial charge >= 0.3 is 0 Å². The van der Waals surface area contributed by atoms with Crippen molar-refractivity contribution in [2.45, 2.75) is 65.3 Å². The molecule has 2 aromatic carbocycles. The monoisotopic (exact) mass is 613 g/mol. The summed E-state index contributed by atoms with van der Waals surface area (Å²) in [6.07, 6.45) is -4.49. The number of hydrogen-bond acceptors (Lipinski definition) is 5. The maximum Gasteiger partial charge on any atom is 0.253 e. The topological polar surface area (TPSA) is 97.3 Å². The lowest BCUT2D eigenvalue weighted by Gasteiger charge is -2.40. The number of halogens is 5. The normalized spacial score (nSPS) is 14.4. The van der Waals surface area contributed by atoms with Crippen molar-refractivity contribution < 1.29 is 27.5 Å². The standard InChI is InChI=1S/C27H32BrF4N5O2/c1-15(38)26(39)36(11-10-21(33)23(31)32)22(27(2,3)4)25-34-24(19-13-18(29)8-9-20(19)30)35-37(25)14-16-6-5-7-17(28)12-16/h5-9,12-13,15,21-23,38H,10-11,14,33H2,1-4H3/t15-,21-,22-/m0/s1. The Hall–Kier alpha value is -2.83. The molecule has 0 unspecified atom stereocenters. The van der Waals surface area contributed by atoms with Gasteiger partial charge in [0.1, 0.15) is 17.7 Å². The molecule has 3 rings (SSSR count). The summed E-state index contributed by atoms with van der Waals surface area (Å²) < 4.78 is 57.5. The van der Waals surface area contributed by atoms with Gasteiger partial charge in [-0.05, 0) is 54.7 Å². The Morgan fingerprint density at radius 1 is 1.18 bits per heavy atom. The maximum absolute atomic E-state index is 14.7. The molecule has 0 aliphatic rings. The predicted octanol–water partition coefficient (Wildman–Crippen LogP) is 5.31. The molecule has 1 aromatic heterocycles. The van der Waals surface area contributed by atoms with Crippen LogP contribution in [0, 0.1) is 17.0 Å². The van der Waals surface area contributed by atoms with Crippen LogP contribution in [0.5, 0.6) is 0 Å². The molecule has 12 heteroatoms. The van der Waals surface area contributed by atoms with Gasteiger partial charge < -0.3 is 15.7 Å². The van der Waals surface area contributed by atoms with E-state index in [1.165, 1.54) is 16.5 Å². The van der Waals surface area contributed by atoms with Crippen LogP contribution in [0.15, 0.2) is 46.9 Å². The third kappa shape index (κ3) is 7.64. The molecule has 0 bridgehead atoms. The summed E-state index contributed by atoms with van der Waals surface area (Å²) in [4.78, 5) is 19.1. The summed E-state index contributed by atoms with van der Waals surface area (Å²) in [6.45, 7) is 6.67. The van der Waals surface area contributed by atoms with Gasteiger partial charge in [-0.15, -0.1) is 0 Å². The fourth-order valence-corrected chi connectivity index (χ4v) is 4.73. The van der Waals surface area contributed by atoms with Crippen molar-refractivity contribution in [2.24, 2.45) is 11.1 Å². The molecule has 3 atom stereocenters. The van der Waals surface area contributed by atoms with Crippen molar-refractivity contribution in [1.82, 2.24) is 19.7 Å². The molecule has 0 radical (unpaired) electrons. The summed E-state index contributed by atoms with van der Waals surface area (Å²) in [5, 5.41) is 14.7. The molecule has 7 nitrogen and oxygen atoms in total. The summed E-state index contributed by atoms with van der Waals surface area (Å²) in [6, 6.07) is 7.86. The Morgan fingerprint density at radius 2 is 1.87 bits per heavy atom. The molecule has 1 amide bonds. The van der Waals surface area contributed by atoms with Crippen LogP contribution in [0.3, 0.4) is 0 Å². The number of benzene rings is 2.